The molecule has 3 N–H and O–H groups in total. The van der Waals surface area contributed by atoms with Gasteiger partial charge in [0.05, 0.1) is 31.7 Å². The van der Waals surface area contributed by atoms with Crippen molar-refractivity contribution < 1.29 is 28.2 Å². The monoisotopic (exact) mass is 533 g/mol. The Morgan fingerprint density at radius 2 is 1.64 bits per heavy atom. The first-order valence-corrected chi connectivity index (χ1v) is 11.6. The molecule has 0 aliphatic carbocycles. The second-order valence-electron chi connectivity index (χ2n) is 7.12. The van der Waals surface area contributed by atoms with Crippen LogP contribution in [0.2, 0.25) is 5.02 Å². The van der Waals surface area contributed by atoms with E-state index < -0.39 is 36.4 Å². The summed E-state index contributed by atoms with van der Waals surface area (Å²) in [7, 11) is -4.39. The highest BCUT2D eigenvalue weighted by molar-refractivity contribution is 7.92. The van der Waals surface area contributed by atoms with Crippen molar-refractivity contribution in [3.05, 3.63) is 97.0 Å². The van der Waals surface area contributed by atoms with Crippen molar-refractivity contribution >= 4 is 56.1 Å². The number of anilines is 2. The van der Waals surface area contributed by atoms with Crippen LogP contribution in [0.4, 0.5) is 22.7 Å². The van der Waals surface area contributed by atoms with Crippen molar-refractivity contribution in [1.29, 1.82) is 0 Å². The lowest BCUT2D eigenvalue weighted by molar-refractivity contribution is -0.384. The number of nitrogens with zero attached hydrogens (tertiary/aromatic N) is 3. The van der Waals surface area contributed by atoms with Crippen molar-refractivity contribution in [3.8, 4) is 0 Å². The fourth-order valence-electron chi connectivity index (χ4n) is 2.97. The van der Waals surface area contributed by atoms with E-state index in [0.717, 1.165) is 18.2 Å². The first-order valence-electron chi connectivity index (χ1n) is 9.79. The topological polar surface area (TPSA) is 194 Å². The van der Waals surface area contributed by atoms with Gasteiger partial charge in [-0.15, -0.1) is 0 Å². The summed E-state index contributed by atoms with van der Waals surface area (Å²) in [6.07, 6.45) is 0. The Morgan fingerprint density at radius 1 is 0.972 bits per heavy atom. The summed E-state index contributed by atoms with van der Waals surface area (Å²) < 4.78 is 27.7. The van der Waals surface area contributed by atoms with E-state index in [4.69, 9.17) is 11.6 Å². The van der Waals surface area contributed by atoms with Gasteiger partial charge < -0.3 is 5.11 Å². The van der Waals surface area contributed by atoms with Crippen LogP contribution >= 0.6 is 11.6 Å². The first kappa shape index (κ1) is 26.1. The third kappa shape index (κ3) is 5.73. The summed E-state index contributed by atoms with van der Waals surface area (Å²) in [6.45, 7) is 1.49. The number of hydrogen-bond acceptors (Lipinski definition) is 9. The number of aromatic carboxylic acids is 1. The first-order chi connectivity index (χ1) is 16.9. The molecule has 0 atom stereocenters. The molecule has 3 aromatic carbocycles. The summed E-state index contributed by atoms with van der Waals surface area (Å²) in [5.74, 6) is -1.36. The molecule has 3 aromatic rings. The normalized spacial score (nSPS) is 11.6. The molecule has 0 heterocycles. The van der Waals surface area contributed by atoms with Crippen LogP contribution in [0.15, 0.2) is 70.7 Å². The molecule has 0 aliphatic rings. The van der Waals surface area contributed by atoms with E-state index in [2.05, 4.69) is 15.2 Å². The van der Waals surface area contributed by atoms with Crippen LogP contribution in [0.1, 0.15) is 22.8 Å². The molecule has 0 unspecified atom stereocenters. The Morgan fingerprint density at radius 3 is 2.28 bits per heavy atom. The lowest BCUT2D eigenvalue weighted by Crippen LogP contribution is -2.16. The van der Waals surface area contributed by atoms with Crippen LogP contribution in [0, 0.1) is 20.2 Å². The third-order valence-electron chi connectivity index (χ3n) is 4.78. The fraction of sp³-hybridized carbons (Fsp3) is 0.0476. The molecule has 0 spiro atoms. The van der Waals surface area contributed by atoms with Crippen LogP contribution in [-0.2, 0) is 10.0 Å². The van der Waals surface area contributed by atoms with Crippen LogP contribution in [-0.4, -0.2) is 35.1 Å². The molecule has 0 fully saturated rings. The number of halogens is 1. The van der Waals surface area contributed by atoms with Gasteiger partial charge >= 0.3 is 5.97 Å². The van der Waals surface area contributed by atoms with Gasteiger partial charge in [-0.05, 0) is 37.3 Å². The molecule has 0 radical (unpaired) electrons. The number of carbonyl (C=O) groups is 1. The van der Waals surface area contributed by atoms with E-state index >= 15 is 0 Å². The smallest absolute Gasteiger partial charge is 0.337 e. The predicted molar refractivity (Wildman–Crippen MR) is 131 cm³/mol. The summed E-state index contributed by atoms with van der Waals surface area (Å²) in [4.78, 5) is 32.0. The van der Waals surface area contributed by atoms with Crippen LogP contribution in [0.25, 0.3) is 0 Å². The highest BCUT2D eigenvalue weighted by Gasteiger charge is 2.23. The molecule has 0 aromatic heterocycles. The number of benzene rings is 3. The van der Waals surface area contributed by atoms with Crippen molar-refractivity contribution in [2.75, 3.05) is 10.1 Å². The standard InChI is InChI=1S/C21H16ClN5O8S/c1-12(13-6-8-16(22)19(10-13)26(30)31)23-24-18-9-7-14(11-20(18)27(32)33)36(34,35)25-17-5-3-2-4-15(17)21(28)29/h2-11,24-25H,1H3,(H,28,29). The highest BCUT2D eigenvalue weighted by Crippen LogP contribution is 2.30. The Kier molecular flexibility index (Phi) is 7.50. The van der Waals surface area contributed by atoms with Crippen molar-refractivity contribution in [1.82, 2.24) is 0 Å². The molecule has 3 rings (SSSR count). The van der Waals surface area contributed by atoms with Gasteiger partial charge in [0, 0.05) is 17.7 Å². The minimum Gasteiger partial charge on any atom is -0.478 e. The molecule has 0 saturated carbocycles. The van der Waals surface area contributed by atoms with Crippen molar-refractivity contribution in [2.24, 2.45) is 5.10 Å². The van der Waals surface area contributed by atoms with E-state index in [0.29, 0.717) is 5.56 Å². The number of sulfonamides is 1. The number of para-hydroxylation sites is 1. The van der Waals surface area contributed by atoms with Crippen molar-refractivity contribution in [3.63, 3.8) is 0 Å². The molecule has 186 valence electrons. The highest BCUT2D eigenvalue weighted by atomic mass is 35.5. The van der Waals surface area contributed by atoms with Gasteiger partial charge in [0.15, 0.2) is 0 Å². The zero-order valence-corrected chi connectivity index (χ0v) is 19.8. The largest absolute Gasteiger partial charge is 0.478 e. The van der Waals surface area contributed by atoms with E-state index in [1.54, 1.807) is 0 Å². The predicted octanol–water partition coefficient (Wildman–Crippen LogP) is 4.49. The lowest BCUT2D eigenvalue weighted by Gasteiger charge is -2.11. The fourth-order valence-corrected chi connectivity index (χ4v) is 4.26. The zero-order chi connectivity index (χ0) is 26.6. The Balaban J connectivity index is 1.92. The Bertz CT molecular complexity index is 1520. The number of rotatable bonds is 9. The summed E-state index contributed by atoms with van der Waals surface area (Å²) in [5.41, 5.74) is 1.35. The maximum Gasteiger partial charge on any atom is 0.337 e. The number of hydrazone groups is 1. The van der Waals surface area contributed by atoms with Gasteiger partial charge in [-0.25, -0.2) is 13.2 Å². The van der Waals surface area contributed by atoms with E-state index in [1.807, 2.05) is 0 Å². The van der Waals surface area contributed by atoms with E-state index in [-0.39, 0.29) is 33.4 Å². The van der Waals surface area contributed by atoms with Gasteiger partial charge in [0.2, 0.25) is 0 Å². The van der Waals surface area contributed by atoms with Gasteiger partial charge in [-0.1, -0.05) is 29.8 Å². The minimum atomic E-state index is -4.39. The summed E-state index contributed by atoms with van der Waals surface area (Å²) in [5, 5.41) is 35.9. The maximum absolute atomic E-state index is 12.8. The van der Waals surface area contributed by atoms with Crippen LogP contribution in [0.5, 0.6) is 0 Å². The van der Waals surface area contributed by atoms with Crippen LogP contribution in [0.3, 0.4) is 0 Å². The molecule has 0 bridgehead atoms. The molecular weight excluding hydrogens is 518 g/mol. The second-order valence-corrected chi connectivity index (χ2v) is 9.21. The number of carboxylic acid groups (broad SMARTS) is 1. The van der Waals surface area contributed by atoms with Crippen LogP contribution < -0.4 is 10.1 Å². The number of nitro groups is 2. The average molecular weight is 534 g/mol. The minimum absolute atomic E-state index is 0.0727. The number of hydrogen-bond donors (Lipinski definition) is 3. The Hall–Kier alpha value is -4.56. The van der Waals surface area contributed by atoms with Crippen molar-refractivity contribution in [2.45, 2.75) is 11.8 Å². The zero-order valence-electron chi connectivity index (χ0n) is 18.2. The molecular formula is C21H16ClN5O8S. The Labute approximate surface area is 208 Å². The van der Waals surface area contributed by atoms with Gasteiger partial charge in [0.1, 0.15) is 10.7 Å². The summed E-state index contributed by atoms with van der Waals surface area (Å²) >= 11 is 5.80. The van der Waals surface area contributed by atoms with Gasteiger partial charge in [-0.2, -0.15) is 5.10 Å². The maximum atomic E-state index is 12.8. The molecule has 15 heteroatoms. The van der Waals surface area contributed by atoms with E-state index in [9.17, 15) is 38.5 Å². The molecule has 13 nitrogen and oxygen atoms in total. The summed E-state index contributed by atoms with van der Waals surface area (Å²) in [6, 6.07) is 12.2. The number of nitrogens with one attached hydrogen (secondary N) is 2. The number of carboxylic acids is 1. The average Bonchev–Trinajstić information content (AvgIpc) is 2.82. The SMILES string of the molecule is CC(=NNc1ccc(S(=O)(=O)Nc2ccccc2C(=O)O)cc1[N+](=O)[O-])c1ccc(Cl)c([N+](=O)[O-])c1. The molecule has 0 aliphatic heterocycles. The van der Waals surface area contributed by atoms with Gasteiger partial charge in [0.25, 0.3) is 21.4 Å². The third-order valence-corrected chi connectivity index (χ3v) is 6.47. The van der Waals surface area contributed by atoms with E-state index in [1.165, 1.54) is 49.4 Å². The van der Waals surface area contributed by atoms with Gasteiger partial charge in [-0.3, -0.25) is 30.4 Å². The molecule has 36 heavy (non-hydrogen) atoms. The quantitative estimate of drug-likeness (QED) is 0.201. The second kappa shape index (κ2) is 10.4. The molecule has 0 saturated heterocycles. The number of nitro benzene ring substituents is 2. The lowest BCUT2D eigenvalue weighted by atomic mass is 10.1. The molecule has 0 amide bonds.